The van der Waals surface area contributed by atoms with Crippen molar-refractivity contribution in [2.24, 2.45) is 10.9 Å². The predicted octanol–water partition coefficient (Wildman–Crippen LogP) is 2.23. The highest BCUT2D eigenvalue weighted by Crippen LogP contribution is 2.03. The Morgan fingerprint density at radius 3 is 2.83 bits per heavy atom. The van der Waals surface area contributed by atoms with Gasteiger partial charge in [0.15, 0.2) is 0 Å². The second kappa shape index (κ2) is 8.31. The Morgan fingerprint density at radius 2 is 2.25 bits per heavy atom. The van der Waals surface area contributed by atoms with Gasteiger partial charge < -0.3 is 5.32 Å². The van der Waals surface area contributed by atoms with Crippen molar-refractivity contribution in [2.45, 2.75) is 26.7 Å². The van der Waals surface area contributed by atoms with Gasteiger partial charge in [-0.2, -0.15) is 0 Å². The molecule has 0 aliphatic rings. The van der Waals surface area contributed by atoms with E-state index in [1.165, 1.54) is 12.8 Å². The van der Waals surface area contributed by atoms with Crippen LogP contribution in [0.25, 0.3) is 0 Å². The molecule has 0 aliphatic carbocycles. The summed E-state index contributed by atoms with van der Waals surface area (Å²) in [4.78, 5) is 3.83. The molecule has 0 aliphatic heterocycles. The van der Waals surface area contributed by atoms with E-state index < -0.39 is 0 Å². The molecule has 70 valence electrons. The van der Waals surface area contributed by atoms with E-state index in [9.17, 15) is 0 Å². The summed E-state index contributed by atoms with van der Waals surface area (Å²) >= 11 is 0. The monoisotopic (exact) mass is 168 g/mol. The molecule has 0 heterocycles. The zero-order chi connectivity index (χ0) is 9.23. The van der Waals surface area contributed by atoms with Gasteiger partial charge in [-0.25, -0.2) is 0 Å². The Balaban J connectivity index is 3.20. The Kier molecular flexibility index (Phi) is 7.76. The third-order valence-corrected chi connectivity index (χ3v) is 1.93. The summed E-state index contributed by atoms with van der Waals surface area (Å²) in [6.45, 7) is 5.56. The van der Waals surface area contributed by atoms with Crippen LogP contribution in [0.2, 0.25) is 0 Å². The average Bonchev–Trinajstić information content (AvgIpc) is 2.10. The van der Waals surface area contributed by atoms with Crippen LogP contribution in [-0.2, 0) is 0 Å². The van der Waals surface area contributed by atoms with Gasteiger partial charge in [0.05, 0.1) is 0 Å². The van der Waals surface area contributed by atoms with Crippen LogP contribution in [0, 0.1) is 5.92 Å². The van der Waals surface area contributed by atoms with Gasteiger partial charge in [0.25, 0.3) is 0 Å². The Bertz CT molecular complexity index is 139. The Morgan fingerprint density at radius 1 is 1.50 bits per heavy atom. The minimum absolute atomic E-state index is 0.825. The van der Waals surface area contributed by atoms with Gasteiger partial charge in [0.1, 0.15) is 0 Å². The second-order valence-corrected chi connectivity index (χ2v) is 3.02. The molecule has 1 unspecified atom stereocenters. The van der Waals surface area contributed by atoms with Gasteiger partial charge >= 0.3 is 0 Å². The second-order valence-electron chi connectivity index (χ2n) is 3.02. The maximum atomic E-state index is 3.83. The van der Waals surface area contributed by atoms with Crippen molar-refractivity contribution in [2.75, 3.05) is 13.6 Å². The first kappa shape index (κ1) is 11.2. The first-order chi connectivity index (χ1) is 5.81. The lowest BCUT2D eigenvalue weighted by atomic mass is 10.1. The van der Waals surface area contributed by atoms with Gasteiger partial charge in [0.2, 0.25) is 0 Å². The van der Waals surface area contributed by atoms with Crippen molar-refractivity contribution in [3.63, 3.8) is 0 Å². The number of hydrogen-bond acceptors (Lipinski definition) is 2. The molecule has 0 fully saturated rings. The van der Waals surface area contributed by atoms with Gasteiger partial charge in [0, 0.05) is 19.8 Å². The van der Waals surface area contributed by atoms with Crippen LogP contribution < -0.4 is 5.32 Å². The van der Waals surface area contributed by atoms with Crippen molar-refractivity contribution < 1.29 is 0 Å². The highest BCUT2D eigenvalue weighted by Gasteiger charge is 1.95. The van der Waals surface area contributed by atoms with Crippen LogP contribution in [0.5, 0.6) is 0 Å². The summed E-state index contributed by atoms with van der Waals surface area (Å²) < 4.78 is 0. The summed E-state index contributed by atoms with van der Waals surface area (Å²) in [5, 5.41) is 3.21. The van der Waals surface area contributed by atoms with Crippen molar-refractivity contribution >= 4 is 6.21 Å². The molecule has 12 heavy (non-hydrogen) atoms. The number of rotatable bonds is 6. The molecule has 1 N–H and O–H groups in total. The predicted molar refractivity (Wildman–Crippen MR) is 55.6 cm³/mol. The van der Waals surface area contributed by atoms with Gasteiger partial charge in [-0.1, -0.05) is 20.3 Å². The molecule has 1 atom stereocenters. The minimum Gasteiger partial charge on any atom is -0.391 e. The summed E-state index contributed by atoms with van der Waals surface area (Å²) in [6.07, 6.45) is 8.13. The largest absolute Gasteiger partial charge is 0.391 e. The van der Waals surface area contributed by atoms with Gasteiger partial charge in [-0.3, -0.25) is 4.99 Å². The number of nitrogens with one attached hydrogen (secondary N) is 1. The zero-order valence-electron chi connectivity index (χ0n) is 8.38. The molecule has 0 spiro atoms. The summed E-state index contributed by atoms with van der Waals surface area (Å²) in [7, 11) is 1.77. The molecule has 0 rings (SSSR count). The highest BCUT2D eigenvalue weighted by atomic mass is 14.8. The molecule has 0 radical (unpaired) electrons. The van der Waals surface area contributed by atoms with Crippen LogP contribution in [0.4, 0.5) is 0 Å². The quantitative estimate of drug-likeness (QED) is 0.477. The molecule has 0 bridgehead atoms. The molecule has 2 heteroatoms. The van der Waals surface area contributed by atoms with E-state index in [2.05, 4.69) is 24.2 Å². The first-order valence-electron chi connectivity index (χ1n) is 4.62. The Hall–Kier alpha value is -0.790. The normalized spacial score (nSPS) is 14.2. The smallest absolute Gasteiger partial charge is 0.0277 e. The number of nitrogens with zero attached hydrogens (tertiary/aromatic N) is 1. The number of allylic oxidation sites excluding steroid dienone is 1. The van der Waals surface area contributed by atoms with E-state index in [-0.39, 0.29) is 0 Å². The lowest BCUT2D eigenvalue weighted by molar-refractivity contribution is 0.508. The number of aliphatic imine (C=N–C) groups is 1. The average molecular weight is 168 g/mol. The highest BCUT2D eigenvalue weighted by molar-refractivity contribution is 5.70. The standard InChI is InChI=1S/C10H20N2/c1-4-10(2)6-9-12-8-5-7-11-3/h5,7-8,10,12H,4,6,9H2,1-3H3. The molecule has 0 amide bonds. The van der Waals surface area contributed by atoms with Gasteiger partial charge in [-0.15, -0.1) is 0 Å². The zero-order valence-corrected chi connectivity index (χ0v) is 8.38. The van der Waals surface area contributed by atoms with E-state index in [1.807, 2.05) is 12.3 Å². The third-order valence-electron chi connectivity index (χ3n) is 1.93. The molecule has 0 aromatic rings. The first-order valence-corrected chi connectivity index (χ1v) is 4.62. The minimum atomic E-state index is 0.825. The lowest BCUT2D eigenvalue weighted by Gasteiger charge is -2.06. The van der Waals surface area contributed by atoms with Crippen LogP contribution in [0.1, 0.15) is 26.7 Å². The molecular formula is C10H20N2. The van der Waals surface area contributed by atoms with Crippen LogP contribution in [0.3, 0.4) is 0 Å². The fourth-order valence-electron chi connectivity index (χ4n) is 0.814. The molecular weight excluding hydrogens is 148 g/mol. The molecule has 0 aromatic carbocycles. The van der Waals surface area contributed by atoms with Crippen LogP contribution in [0.15, 0.2) is 17.3 Å². The topological polar surface area (TPSA) is 24.4 Å². The van der Waals surface area contributed by atoms with Crippen LogP contribution >= 0.6 is 0 Å². The molecule has 0 aromatic heterocycles. The van der Waals surface area contributed by atoms with Gasteiger partial charge in [-0.05, 0) is 24.6 Å². The van der Waals surface area contributed by atoms with Crippen LogP contribution in [-0.4, -0.2) is 19.8 Å². The fraction of sp³-hybridized carbons (Fsp3) is 0.700. The van der Waals surface area contributed by atoms with E-state index in [4.69, 9.17) is 0 Å². The third kappa shape index (κ3) is 7.32. The fourth-order valence-corrected chi connectivity index (χ4v) is 0.814. The maximum absolute atomic E-state index is 3.83. The van der Waals surface area contributed by atoms with E-state index in [0.29, 0.717) is 0 Å². The maximum Gasteiger partial charge on any atom is 0.0277 e. The van der Waals surface area contributed by atoms with E-state index in [1.54, 1.807) is 13.3 Å². The molecule has 0 saturated carbocycles. The van der Waals surface area contributed by atoms with E-state index in [0.717, 1.165) is 12.5 Å². The molecule has 2 nitrogen and oxygen atoms in total. The van der Waals surface area contributed by atoms with Crippen molar-refractivity contribution in [3.8, 4) is 0 Å². The number of hydrogen-bond donors (Lipinski definition) is 1. The SMILES string of the molecule is CCC(C)CCNC=CC=NC. The lowest BCUT2D eigenvalue weighted by Crippen LogP contribution is -2.10. The van der Waals surface area contributed by atoms with Crippen molar-refractivity contribution in [3.05, 3.63) is 12.3 Å². The molecule has 0 saturated heterocycles. The summed E-state index contributed by atoms with van der Waals surface area (Å²) in [5.41, 5.74) is 0. The van der Waals surface area contributed by atoms with Crippen molar-refractivity contribution in [1.82, 2.24) is 5.32 Å². The summed E-state index contributed by atoms with van der Waals surface area (Å²) in [6, 6.07) is 0. The van der Waals surface area contributed by atoms with E-state index >= 15 is 0 Å². The Labute approximate surface area is 75.8 Å². The summed E-state index contributed by atoms with van der Waals surface area (Å²) in [5.74, 6) is 0.825. The van der Waals surface area contributed by atoms with Crippen molar-refractivity contribution in [1.29, 1.82) is 0 Å².